The first-order valence-corrected chi connectivity index (χ1v) is 22.8. The van der Waals surface area contributed by atoms with Crippen LogP contribution in [0.3, 0.4) is 0 Å². The second kappa shape index (κ2) is 17.7. The summed E-state index contributed by atoms with van der Waals surface area (Å²) in [6.45, 7) is 2.94. The Morgan fingerprint density at radius 3 is 2.70 bits per heavy atom. The number of ether oxygens (including phenoxy) is 4. The molecule has 5 aliphatic rings. The monoisotopic (exact) mass is 854 g/mol. The minimum Gasteiger partial charge on any atom is -0.508 e. The molecule has 10 rings (SSSR count). The van der Waals surface area contributed by atoms with Crippen LogP contribution in [0.25, 0.3) is 22.0 Å². The van der Waals surface area contributed by atoms with Crippen LogP contribution in [0.4, 0.5) is 0 Å². The maximum atomic E-state index is 11.0. The van der Waals surface area contributed by atoms with E-state index in [1.807, 2.05) is 30.5 Å². The van der Waals surface area contributed by atoms with Crippen molar-refractivity contribution in [1.29, 1.82) is 0 Å². The number of phenolic OH excluding ortho intramolecular Hbond substituents is 2. The maximum absolute atomic E-state index is 11.0. The summed E-state index contributed by atoms with van der Waals surface area (Å²) in [7, 11) is 0. The van der Waals surface area contributed by atoms with Gasteiger partial charge in [-0.1, -0.05) is 42.9 Å². The highest BCUT2D eigenvalue weighted by Gasteiger charge is 2.54. The van der Waals surface area contributed by atoms with E-state index in [4.69, 9.17) is 18.9 Å². The maximum Gasteiger partial charge on any atom is 0.161 e. The fourth-order valence-corrected chi connectivity index (χ4v) is 10.7. The number of aromatic nitrogens is 1. The third-order valence-corrected chi connectivity index (χ3v) is 13.8. The summed E-state index contributed by atoms with van der Waals surface area (Å²) in [5, 5.41) is 54.6. The predicted octanol–water partition coefficient (Wildman–Crippen LogP) is 6.41. The van der Waals surface area contributed by atoms with Gasteiger partial charge in [0.25, 0.3) is 0 Å². The quantitative estimate of drug-likeness (QED) is 0.0397. The predicted molar refractivity (Wildman–Crippen MR) is 240 cm³/mol. The number of H-pyrrole nitrogens is 1. The first-order chi connectivity index (χ1) is 30.8. The van der Waals surface area contributed by atoms with Gasteiger partial charge < -0.3 is 49.7 Å². The van der Waals surface area contributed by atoms with Crippen molar-refractivity contribution >= 4 is 10.9 Å². The number of phenols is 2. The Balaban J connectivity index is 1.17. The highest BCUT2D eigenvalue weighted by molar-refractivity contribution is 5.85. The van der Waals surface area contributed by atoms with Crippen LogP contribution in [0, 0.1) is 11.8 Å². The Kier molecular flexibility index (Phi) is 11.7. The molecule has 2 aliphatic carbocycles. The van der Waals surface area contributed by atoms with Crippen molar-refractivity contribution in [3.05, 3.63) is 100 Å². The summed E-state index contributed by atoms with van der Waals surface area (Å²) in [5.41, 5.74) is 8.03. The van der Waals surface area contributed by atoms with Crippen LogP contribution >= 0.6 is 0 Å². The summed E-state index contributed by atoms with van der Waals surface area (Å²) in [6.07, 6.45) is 8.32. The standard InChI is InChI=1S/C51H58N4O8/c1-30(57)26-52-28-54-46-8-4-5-19-60-45-23-33(10-16-44(45)59)50-51(46,61-29-55-35-6-2-3-7-35)25-42-41-22-34(21-31-9-15-43-32(20-31)17-18-53-43)40-24-36(58)11-13-38(40)47(41)49-39(48(42)63-50)14-12-37(27-56)62-49/h9-11,13,15-18,20,23-24,30,34-35,37,46,50,52-59H,2-3,5-7,12,14,19,21-22,25-29H2,1H3. The zero-order chi connectivity index (χ0) is 43.1. The number of aromatic hydroxyl groups is 2. The van der Waals surface area contributed by atoms with Crippen molar-refractivity contribution in [2.24, 2.45) is 0 Å². The minimum absolute atomic E-state index is 0.00301. The third-order valence-electron chi connectivity index (χ3n) is 13.8. The van der Waals surface area contributed by atoms with Crippen LogP contribution in [-0.2, 0) is 30.4 Å². The molecule has 6 atom stereocenters. The first-order valence-electron chi connectivity index (χ1n) is 22.8. The fourth-order valence-electron chi connectivity index (χ4n) is 10.7. The van der Waals surface area contributed by atoms with Crippen molar-refractivity contribution in [1.82, 2.24) is 20.9 Å². The number of rotatable bonds is 12. The molecule has 0 saturated heterocycles. The highest BCUT2D eigenvalue weighted by Crippen LogP contribution is 2.58. The molecule has 1 fully saturated rings. The molecule has 0 spiro atoms. The molecule has 8 N–H and O–H groups in total. The van der Waals surface area contributed by atoms with E-state index in [2.05, 4.69) is 57.0 Å². The van der Waals surface area contributed by atoms with E-state index in [9.17, 15) is 20.4 Å². The molecule has 0 radical (unpaired) electrons. The van der Waals surface area contributed by atoms with Crippen LogP contribution in [0.5, 0.6) is 28.7 Å². The van der Waals surface area contributed by atoms with Crippen LogP contribution in [0.1, 0.15) is 90.9 Å². The van der Waals surface area contributed by atoms with Crippen molar-refractivity contribution in [3.8, 4) is 51.7 Å². The van der Waals surface area contributed by atoms with E-state index < -0.39 is 23.9 Å². The molecule has 4 aromatic carbocycles. The van der Waals surface area contributed by atoms with Gasteiger partial charge in [-0.3, -0.25) is 10.6 Å². The van der Waals surface area contributed by atoms with Crippen LogP contribution in [0.2, 0.25) is 0 Å². The van der Waals surface area contributed by atoms with Gasteiger partial charge in [0.2, 0.25) is 0 Å². The number of benzene rings is 4. The lowest BCUT2D eigenvalue weighted by atomic mass is 9.69. The van der Waals surface area contributed by atoms with Crippen molar-refractivity contribution in [2.45, 2.75) is 113 Å². The van der Waals surface area contributed by atoms with E-state index in [0.717, 1.165) is 74.9 Å². The van der Waals surface area contributed by atoms with Gasteiger partial charge in [-0.05, 0) is 127 Å². The average molecular weight is 855 g/mol. The fraction of sp³-hybridized carbons (Fsp3) is 0.451. The van der Waals surface area contributed by atoms with E-state index in [1.54, 1.807) is 19.1 Å². The Morgan fingerprint density at radius 2 is 1.84 bits per heavy atom. The normalized spacial score (nSPS) is 24.2. The zero-order valence-corrected chi connectivity index (χ0v) is 35.8. The van der Waals surface area contributed by atoms with Crippen molar-refractivity contribution < 1.29 is 39.4 Å². The zero-order valence-electron chi connectivity index (χ0n) is 35.8. The number of fused-ring (bicyclic) bond motifs is 13. The molecule has 2 bridgehead atoms. The second-order valence-corrected chi connectivity index (χ2v) is 18.1. The number of nitrogens with one attached hydrogen (secondary N) is 4. The molecule has 1 saturated carbocycles. The van der Waals surface area contributed by atoms with E-state index in [0.29, 0.717) is 62.9 Å². The molecular weight excluding hydrogens is 797 g/mol. The first kappa shape index (κ1) is 41.7. The Morgan fingerprint density at radius 1 is 0.952 bits per heavy atom. The van der Waals surface area contributed by atoms with Crippen LogP contribution in [0.15, 0.2) is 66.9 Å². The minimum atomic E-state index is -1.13. The Bertz CT molecular complexity index is 2540. The lowest BCUT2D eigenvalue weighted by Crippen LogP contribution is -2.62. The summed E-state index contributed by atoms with van der Waals surface area (Å²) in [5.74, 6) is 9.05. The van der Waals surface area contributed by atoms with Crippen LogP contribution < -0.4 is 30.2 Å². The Labute approximate surface area is 368 Å². The van der Waals surface area contributed by atoms with Crippen molar-refractivity contribution in [2.75, 3.05) is 33.2 Å². The smallest absolute Gasteiger partial charge is 0.161 e. The summed E-state index contributed by atoms with van der Waals surface area (Å²) in [6, 6.07) is 19.5. The number of hydrogen-bond acceptors (Lipinski definition) is 11. The van der Waals surface area contributed by atoms with E-state index in [1.165, 1.54) is 18.4 Å². The molecule has 3 aliphatic heterocycles. The van der Waals surface area contributed by atoms with Gasteiger partial charge in [-0.25, -0.2) is 0 Å². The largest absolute Gasteiger partial charge is 0.508 e. The molecule has 12 nitrogen and oxygen atoms in total. The summed E-state index contributed by atoms with van der Waals surface area (Å²) >= 11 is 0. The molecule has 6 unspecified atom stereocenters. The molecule has 63 heavy (non-hydrogen) atoms. The second-order valence-electron chi connectivity index (χ2n) is 18.1. The topological polar surface area (TPSA) is 170 Å². The lowest BCUT2D eigenvalue weighted by molar-refractivity contribution is -0.143. The molecule has 5 aromatic rings. The van der Waals surface area contributed by atoms with Gasteiger partial charge in [-0.2, -0.15) is 0 Å². The molecule has 0 amide bonds. The molecule has 4 heterocycles. The van der Waals surface area contributed by atoms with Crippen molar-refractivity contribution in [3.63, 3.8) is 0 Å². The molecular formula is C51H58N4O8. The van der Waals surface area contributed by atoms with Gasteiger partial charge in [0.1, 0.15) is 35.0 Å². The molecule has 12 heteroatoms. The number of aromatic amines is 1. The molecule has 1 aromatic heterocycles. The van der Waals surface area contributed by atoms with Gasteiger partial charge in [0, 0.05) is 60.5 Å². The third kappa shape index (κ3) is 8.12. The van der Waals surface area contributed by atoms with Crippen LogP contribution in [-0.4, -0.2) is 88.5 Å². The van der Waals surface area contributed by atoms with Gasteiger partial charge in [0.15, 0.2) is 17.6 Å². The number of aliphatic hydroxyl groups excluding tert-OH is 2. The SMILES string of the molecule is CC(O)CNCNC1C#CCCOc2cc(ccc2O)C2Oc3c(c4c(c5c3CCC(CO)O5)-c3ccc(O)cc3C(Cc3ccc5[nH]ccc5c3)C4)CC12OCNC1CCCC1. The summed E-state index contributed by atoms with van der Waals surface area (Å²) in [4.78, 5) is 3.32. The van der Waals surface area contributed by atoms with E-state index >= 15 is 0 Å². The molecule has 330 valence electrons. The lowest BCUT2D eigenvalue weighted by Gasteiger charge is -2.49. The number of hydrogen-bond donors (Lipinski definition) is 8. The highest BCUT2D eigenvalue weighted by atomic mass is 16.6. The Hall–Kier alpha value is -5.26. The van der Waals surface area contributed by atoms with Gasteiger partial charge >= 0.3 is 0 Å². The average Bonchev–Trinajstić information content (AvgIpc) is 3.99. The van der Waals surface area contributed by atoms with E-state index in [-0.39, 0.29) is 43.5 Å². The van der Waals surface area contributed by atoms with Gasteiger partial charge in [0.05, 0.1) is 26.0 Å². The number of aliphatic hydroxyl groups is 2. The van der Waals surface area contributed by atoms with Gasteiger partial charge in [-0.15, -0.1) is 0 Å². The summed E-state index contributed by atoms with van der Waals surface area (Å²) < 4.78 is 27.9.